The topological polar surface area (TPSA) is 111 Å². The lowest BCUT2D eigenvalue weighted by Gasteiger charge is -2.35. The first kappa shape index (κ1) is 24.0. The predicted octanol–water partition coefficient (Wildman–Crippen LogP) is 1.30. The number of nitrogens with zero attached hydrogens (tertiary/aromatic N) is 3. The molecule has 0 aromatic heterocycles. The lowest BCUT2D eigenvalue weighted by atomic mass is 10.1. The van der Waals surface area contributed by atoms with Gasteiger partial charge in [-0.15, -0.1) is 0 Å². The summed E-state index contributed by atoms with van der Waals surface area (Å²) in [5.74, 6) is 0.366. The van der Waals surface area contributed by atoms with Crippen molar-refractivity contribution in [3.63, 3.8) is 0 Å². The molecule has 9 nitrogen and oxygen atoms in total. The number of hydrogen-bond acceptors (Lipinski definition) is 6. The van der Waals surface area contributed by atoms with Crippen LogP contribution in [0.1, 0.15) is 6.42 Å². The van der Waals surface area contributed by atoms with E-state index in [1.54, 1.807) is 7.11 Å². The summed E-state index contributed by atoms with van der Waals surface area (Å²) in [6.07, 6.45) is 0.936. The first-order valence-electron chi connectivity index (χ1n) is 9.38. The fourth-order valence-corrected chi connectivity index (χ4v) is 3.64. The zero-order valence-electron chi connectivity index (χ0n) is 16.4. The van der Waals surface area contributed by atoms with Crippen LogP contribution in [-0.4, -0.2) is 92.8 Å². The van der Waals surface area contributed by atoms with Crippen LogP contribution in [0.25, 0.3) is 0 Å². The summed E-state index contributed by atoms with van der Waals surface area (Å²) in [5.41, 5.74) is 0.955. The minimum absolute atomic E-state index is 0.117. The number of ether oxygens (including phenoxy) is 1. The fourth-order valence-electron chi connectivity index (χ4n) is 3.51. The van der Waals surface area contributed by atoms with E-state index >= 15 is 0 Å². The molecule has 29 heavy (non-hydrogen) atoms. The van der Waals surface area contributed by atoms with Crippen LogP contribution < -0.4 is 4.90 Å². The molecule has 11 heteroatoms. The summed E-state index contributed by atoms with van der Waals surface area (Å²) < 4.78 is 36.7. The SMILES string of the molecule is COCCN1CCN(C[C@H]2CCN(c3ccc(Cl)cc3)C2=O)CC1.O=S(=O)(O)O. The third-order valence-electron chi connectivity index (χ3n) is 5.01. The summed E-state index contributed by atoms with van der Waals surface area (Å²) in [5, 5.41) is 0.702. The molecule has 2 aliphatic rings. The van der Waals surface area contributed by atoms with E-state index in [1.807, 2.05) is 29.2 Å². The fraction of sp³-hybridized carbons (Fsp3) is 0.611. The Morgan fingerprint density at radius 2 is 1.62 bits per heavy atom. The van der Waals surface area contributed by atoms with E-state index in [-0.39, 0.29) is 11.8 Å². The van der Waals surface area contributed by atoms with Gasteiger partial charge in [0, 0.05) is 63.6 Å². The second-order valence-electron chi connectivity index (χ2n) is 7.03. The van der Waals surface area contributed by atoms with Gasteiger partial charge in [-0.05, 0) is 30.7 Å². The molecule has 1 atom stereocenters. The molecule has 1 aromatic carbocycles. The number of carbonyl (C=O) groups excluding carboxylic acids is 1. The monoisotopic (exact) mass is 449 g/mol. The Bertz CT molecular complexity index is 745. The Labute approximate surface area is 176 Å². The standard InChI is InChI=1S/C18H26ClN3O2.H2O4S/c1-24-13-12-20-8-10-21(11-9-20)14-15-6-7-22(18(15)23)17-4-2-16(19)3-5-17;1-5(2,3)4/h2-5,15H,6-14H2,1H3;(H2,1,2,3,4)/t15-;/m1./s1. The number of carbonyl (C=O) groups is 1. The average molecular weight is 450 g/mol. The molecule has 0 bridgehead atoms. The van der Waals surface area contributed by atoms with Gasteiger partial charge >= 0.3 is 10.4 Å². The van der Waals surface area contributed by atoms with E-state index in [2.05, 4.69) is 9.80 Å². The Hall–Kier alpha value is -1.27. The van der Waals surface area contributed by atoms with Crippen LogP contribution in [0.15, 0.2) is 24.3 Å². The smallest absolute Gasteiger partial charge is 0.383 e. The first-order chi connectivity index (χ1) is 13.7. The van der Waals surface area contributed by atoms with Crippen LogP contribution in [0.5, 0.6) is 0 Å². The van der Waals surface area contributed by atoms with Crippen molar-refractivity contribution in [3.05, 3.63) is 29.3 Å². The minimum atomic E-state index is -4.67. The number of anilines is 1. The van der Waals surface area contributed by atoms with Crippen LogP contribution in [-0.2, 0) is 19.9 Å². The van der Waals surface area contributed by atoms with Gasteiger partial charge < -0.3 is 14.5 Å². The van der Waals surface area contributed by atoms with Crippen molar-refractivity contribution in [1.29, 1.82) is 0 Å². The zero-order chi connectivity index (χ0) is 21.4. The molecule has 2 aliphatic heterocycles. The molecule has 1 amide bonds. The van der Waals surface area contributed by atoms with Gasteiger partial charge in [0.25, 0.3) is 0 Å². The van der Waals surface area contributed by atoms with Gasteiger partial charge in [0.1, 0.15) is 0 Å². The van der Waals surface area contributed by atoms with Gasteiger partial charge in [-0.3, -0.25) is 18.8 Å². The maximum Gasteiger partial charge on any atom is 0.394 e. The molecular weight excluding hydrogens is 422 g/mol. The molecule has 2 N–H and O–H groups in total. The first-order valence-corrected chi connectivity index (χ1v) is 11.2. The molecule has 0 spiro atoms. The lowest BCUT2D eigenvalue weighted by Crippen LogP contribution is -2.49. The Balaban J connectivity index is 0.000000537. The van der Waals surface area contributed by atoms with Crippen molar-refractivity contribution in [2.75, 3.05) is 64.4 Å². The molecule has 0 unspecified atom stereocenters. The van der Waals surface area contributed by atoms with Crippen LogP contribution in [0, 0.1) is 5.92 Å². The summed E-state index contributed by atoms with van der Waals surface area (Å²) in [7, 11) is -2.92. The van der Waals surface area contributed by atoms with Crippen molar-refractivity contribution in [2.24, 2.45) is 5.92 Å². The van der Waals surface area contributed by atoms with E-state index in [4.69, 9.17) is 33.9 Å². The van der Waals surface area contributed by atoms with Gasteiger partial charge in [-0.2, -0.15) is 8.42 Å². The van der Waals surface area contributed by atoms with E-state index in [1.165, 1.54) is 0 Å². The van der Waals surface area contributed by atoms with E-state index in [0.717, 1.165) is 64.5 Å². The summed E-state index contributed by atoms with van der Waals surface area (Å²) in [4.78, 5) is 19.5. The number of amides is 1. The number of benzene rings is 1. The largest absolute Gasteiger partial charge is 0.394 e. The minimum Gasteiger partial charge on any atom is -0.383 e. The van der Waals surface area contributed by atoms with Crippen molar-refractivity contribution in [3.8, 4) is 0 Å². The highest BCUT2D eigenvalue weighted by atomic mass is 35.5. The molecule has 0 saturated carbocycles. The molecule has 1 aromatic rings. The molecule has 3 rings (SSSR count). The Morgan fingerprint density at radius 3 is 2.17 bits per heavy atom. The molecule has 2 fully saturated rings. The lowest BCUT2D eigenvalue weighted by molar-refractivity contribution is -0.121. The average Bonchev–Trinajstić information content (AvgIpc) is 3.01. The van der Waals surface area contributed by atoms with Gasteiger partial charge in [-0.25, -0.2) is 0 Å². The summed E-state index contributed by atoms with van der Waals surface area (Å²) in [6, 6.07) is 7.54. The van der Waals surface area contributed by atoms with E-state index in [9.17, 15) is 4.79 Å². The Kier molecular flexibility index (Phi) is 9.28. The quantitative estimate of drug-likeness (QED) is 0.625. The van der Waals surface area contributed by atoms with Crippen molar-refractivity contribution in [2.45, 2.75) is 6.42 Å². The summed E-state index contributed by atoms with van der Waals surface area (Å²) in [6.45, 7) is 7.66. The van der Waals surface area contributed by atoms with Gasteiger partial charge in [0.05, 0.1) is 12.5 Å². The van der Waals surface area contributed by atoms with Crippen molar-refractivity contribution < 1.29 is 27.1 Å². The van der Waals surface area contributed by atoms with Gasteiger partial charge in [0.15, 0.2) is 0 Å². The van der Waals surface area contributed by atoms with E-state index in [0.29, 0.717) is 5.02 Å². The van der Waals surface area contributed by atoms with Crippen LogP contribution >= 0.6 is 11.6 Å². The highest BCUT2D eigenvalue weighted by molar-refractivity contribution is 7.79. The van der Waals surface area contributed by atoms with Gasteiger partial charge in [-0.1, -0.05) is 11.6 Å². The number of methoxy groups -OCH3 is 1. The van der Waals surface area contributed by atoms with Crippen LogP contribution in [0.4, 0.5) is 5.69 Å². The molecule has 2 saturated heterocycles. The molecule has 2 heterocycles. The zero-order valence-corrected chi connectivity index (χ0v) is 18.0. The second-order valence-corrected chi connectivity index (χ2v) is 8.37. The van der Waals surface area contributed by atoms with Crippen LogP contribution in [0.2, 0.25) is 5.02 Å². The number of rotatable bonds is 6. The van der Waals surface area contributed by atoms with Gasteiger partial charge in [0.2, 0.25) is 5.91 Å². The third-order valence-corrected chi connectivity index (χ3v) is 5.26. The molecular formula is C18H28ClN3O6S. The number of halogens is 1. The normalized spacial score (nSPS) is 21.2. The highest BCUT2D eigenvalue weighted by Crippen LogP contribution is 2.27. The predicted molar refractivity (Wildman–Crippen MR) is 111 cm³/mol. The molecule has 0 aliphatic carbocycles. The number of piperazine rings is 1. The second kappa shape index (κ2) is 11.2. The van der Waals surface area contributed by atoms with Crippen LogP contribution in [0.3, 0.4) is 0 Å². The maximum atomic E-state index is 12.7. The summed E-state index contributed by atoms with van der Waals surface area (Å²) >= 11 is 5.93. The third kappa shape index (κ3) is 8.55. The number of hydrogen-bond donors (Lipinski definition) is 2. The van der Waals surface area contributed by atoms with Crippen molar-refractivity contribution >= 4 is 33.6 Å². The molecule has 0 radical (unpaired) electrons. The molecule has 164 valence electrons. The Morgan fingerprint density at radius 1 is 1.07 bits per heavy atom. The maximum absolute atomic E-state index is 12.7. The van der Waals surface area contributed by atoms with E-state index < -0.39 is 10.4 Å². The highest BCUT2D eigenvalue weighted by Gasteiger charge is 2.34. The van der Waals surface area contributed by atoms with Crippen molar-refractivity contribution in [1.82, 2.24) is 9.80 Å².